The summed E-state index contributed by atoms with van der Waals surface area (Å²) in [6.07, 6.45) is 2.22. The Morgan fingerprint density at radius 1 is 0.800 bits per heavy atom. The van der Waals surface area contributed by atoms with Crippen LogP contribution in [0.25, 0.3) is 5.57 Å². The Hall–Kier alpha value is -2.15. The van der Waals surface area contributed by atoms with Crippen molar-refractivity contribution in [3.63, 3.8) is 0 Å². The van der Waals surface area contributed by atoms with Crippen LogP contribution >= 0.6 is 0 Å². The van der Waals surface area contributed by atoms with Gasteiger partial charge in [-0.3, -0.25) is 4.99 Å². The second kappa shape index (κ2) is 4.75. The fourth-order valence-electron chi connectivity index (χ4n) is 2.63. The molecule has 0 radical (unpaired) electrons. The average molecular weight is 261 g/mol. The lowest BCUT2D eigenvalue weighted by Crippen LogP contribution is -2.16. The molecular weight excluding hydrogens is 242 g/mol. The molecule has 0 atom stereocenters. The second-order valence-electron chi connectivity index (χ2n) is 5.85. The molecule has 0 amide bonds. The SMILES string of the molecule is Cc1ccc(C2=NC(C)(C)C(c3ccccc3)=C2)cc1. The van der Waals surface area contributed by atoms with Gasteiger partial charge in [0.2, 0.25) is 0 Å². The maximum absolute atomic E-state index is 4.90. The van der Waals surface area contributed by atoms with E-state index in [9.17, 15) is 0 Å². The van der Waals surface area contributed by atoms with Gasteiger partial charge in [0, 0.05) is 0 Å². The summed E-state index contributed by atoms with van der Waals surface area (Å²) in [5, 5.41) is 0. The number of rotatable bonds is 2. The molecule has 20 heavy (non-hydrogen) atoms. The van der Waals surface area contributed by atoms with Crippen molar-refractivity contribution in [2.75, 3.05) is 0 Å². The van der Waals surface area contributed by atoms with Crippen LogP contribution in [0.1, 0.15) is 30.5 Å². The molecule has 2 aromatic rings. The smallest absolute Gasteiger partial charge is 0.0814 e. The van der Waals surface area contributed by atoms with Crippen molar-refractivity contribution in [1.82, 2.24) is 0 Å². The van der Waals surface area contributed by atoms with Crippen LogP contribution in [-0.2, 0) is 0 Å². The van der Waals surface area contributed by atoms with Crippen LogP contribution in [0.2, 0.25) is 0 Å². The number of hydrogen-bond donors (Lipinski definition) is 0. The van der Waals surface area contributed by atoms with Gasteiger partial charge in [-0.2, -0.15) is 0 Å². The van der Waals surface area contributed by atoms with Gasteiger partial charge in [-0.1, -0.05) is 60.2 Å². The van der Waals surface area contributed by atoms with Gasteiger partial charge in [0.1, 0.15) is 0 Å². The van der Waals surface area contributed by atoms with E-state index in [4.69, 9.17) is 4.99 Å². The third kappa shape index (κ3) is 2.32. The fraction of sp³-hybridized carbons (Fsp3) is 0.211. The molecule has 1 heterocycles. The minimum Gasteiger partial charge on any atom is -0.274 e. The standard InChI is InChI=1S/C19H19N/c1-14-9-11-16(12-10-14)18-13-17(19(2,3)20-18)15-7-5-4-6-8-15/h4-13H,1-3H3. The van der Waals surface area contributed by atoms with Gasteiger partial charge in [0.15, 0.2) is 0 Å². The molecule has 0 aromatic heterocycles. The molecule has 0 aliphatic carbocycles. The van der Waals surface area contributed by atoms with Crippen LogP contribution in [-0.4, -0.2) is 11.3 Å². The lowest BCUT2D eigenvalue weighted by Gasteiger charge is -2.19. The molecular formula is C19H19N. The van der Waals surface area contributed by atoms with E-state index in [0.717, 1.165) is 5.71 Å². The van der Waals surface area contributed by atoms with E-state index in [2.05, 4.69) is 75.4 Å². The molecule has 0 bridgehead atoms. The van der Waals surface area contributed by atoms with Gasteiger partial charge in [0.05, 0.1) is 11.3 Å². The number of aliphatic imine (C=N–C) groups is 1. The topological polar surface area (TPSA) is 12.4 Å². The first kappa shape index (κ1) is 12.9. The first-order valence-electron chi connectivity index (χ1n) is 7.01. The summed E-state index contributed by atoms with van der Waals surface area (Å²) in [5.41, 5.74) is 5.92. The van der Waals surface area contributed by atoms with Gasteiger partial charge in [0.25, 0.3) is 0 Å². The summed E-state index contributed by atoms with van der Waals surface area (Å²) in [6, 6.07) is 19.1. The summed E-state index contributed by atoms with van der Waals surface area (Å²) in [6.45, 7) is 6.45. The fourth-order valence-corrected chi connectivity index (χ4v) is 2.63. The van der Waals surface area contributed by atoms with Crippen LogP contribution in [0.5, 0.6) is 0 Å². The summed E-state index contributed by atoms with van der Waals surface area (Å²) >= 11 is 0. The summed E-state index contributed by atoms with van der Waals surface area (Å²) in [7, 11) is 0. The Bertz CT molecular complexity index is 673. The molecule has 0 fully saturated rings. The first-order valence-corrected chi connectivity index (χ1v) is 7.01. The Labute approximate surface area is 120 Å². The largest absolute Gasteiger partial charge is 0.274 e. The molecule has 0 saturated carbocycles. The third-order valence-corrected chi connectivity index (χ3v) is 3.77. The van der Waals surface area contributed by atoms with Gasteiger partial charge >= 0.3 is 0 Å². The van der Waals surface area contributed by atoms with E-state index in [1.807, 2.05) is 6.07 Å². The Balaban J connectivity index is 2.03. The number of aryl methyl sites for hydroxylation is 1. The van der Waals surface area contributed by atoms with Crippen molar-refractivity contribution in [2.24, 2.45) is 4.99 Å². The highest BCUT2D eigenvalue weighted by molar-refractivity contribution is 6.16. The highest BCUT2D eigenvalue weighted by atomic mass is 14.9. The normalized spacial score (nSPS) is 16.8. The molecule has 0 saturated heterocycles. The molecule has 100 valence electrons. The average Bonchev–Trinajstić information content (AvgIpc) is 2.76. The van der Waals surface area contributed by atoms with Crippen LogP contribution in [0.4, 0.5) is 0 Å². The lowest BCUT2D eigenvalue weighted by molar-refractivity contribution is 0.689. The molecule has 1 aliphatic rings. The predicted molar refractivity (Wildman–Crippen MR) is 86.2 cm³/mol. The van der Waals surface area contributed by atoms with E-state index in [1.54, 1.807) is 0 Å². The van der Waals surface area contributed by atoms with Crippen molar-refractivity contribution in [3.05, 3.63) is 77.4 Å². The summed E-state index contributed by atoms with van der Waals surface area (Å²) in [5.74, 6) is 0. The van der Waals surface area contributed by atoms with E-state index in [1.165, 1.54) is 22.3 Å². The zero-order chi connectivity index (χ0) is 14.2. The summed E-state index contributed by atoms with van der Waals surface area (Å²) < 4.78 is 0. The van der Waals surface area contributed by atoms with Gasteiger partial charge < -0.3 is 0 Å². The number of hydrogen-bond acceptors (Lipinski definition) is 1. The zero-order valence-electron chi connectivity index (χ0n) is 12.2. The molecule has 2 aromatic carbocycles. The van der Waals surface area contributed by atoms with Gasteiger partial charge in [-0.25, -0.2) is 0 Å². The lowest BCUT2D eigenvalue weighted by atomic mass is 9.90. The Morgan fingerprint density at radius 2 is 1.45 bits per heavy atom. The maximum Gasteiger partial charge on any atom is 0.0814 e. The Kier molecular flexibility index (Phi) is 3.06. The number of nitrogens with zero attached hydrogens (tertiary/aromatic N) is 1. The maximum atomic E-state index is 4.90. The summed E-state index contributed by atoms with van der Waals surface area (Å²) in [4.78, 5) is 4.90. The molecule has 0 spiro atoms. The highest BCUT2D eigenvalue weighted by Crippen LogP contribution is 2.35. The third-order valence-electron chi connectivity index (χ3n) is 3.77. The predicted octanol–water partition coefficient (Wildman–Crippen LogP) is 4.66. The zero-order valence-corrected chi connectivity index (χ0v) is 12.2. The van der Waals surface area contributed by atoms with Gasteiger partial charge in [-0.05, 0) is 43.5 Å². The van der Waals surface area contributed by atoms with Crippen molar-refractivity contribution in [2.45, 2.75) is 26.3 Å². The van der Waals surface area contributed by atoms with E-state index in [0.29, 0.717) is 0 Å². The van der Waals surface area contributed by atoms with Crippen LogP contribution in [0.15, 0.2) is 65.7 Å². The van der Waals surface area contributed by atoms with Crippen LogP contribution in [0, 0.1) is 6.92 Å². The minimum atomic E-state index is -0.165. The van der Waals surface area contributed by atoms with Crippen LogP contribution in [0.3, 0.4) is 0 Å². The van der Waals surface area contributed by atoms with Crippen molar-refractivity contribution in [3.8, 4) is 0 Å². The minimum absolute atomic E-state index is 0.165. The Morgan fingerprint density at radius 3 is 2.10 bits per heavy atom. The van der Waals surface area contributed by atoms with E-state index < -0.39 is 0 Å². The molecule has 3 rings (SSSR count). The number of benzene rings is 2. The number of allylic oxidation sites excluding steroid dienone is 1. The van der Waals surface area contributed by atoms with Crippen LogP contribution < -0.4 is 0 Å². The molecule has 0 N–H and O–H groups in total. The molecule has 1 heteroatoms. The molecule has 1 nitrogen and oxygen atoms in total. The molecule has 1 aliphatic heterocycles. The van der Waals surface area contributed by atoms with Crippen molar-refractivity contribution >= 4 is 11.3 Å². The first-order chi connectivity index (χ1) is 9.56. The van der Waals surface area contributed by atoms with Crippen molar-refractivity contribution < 1.29 is 0 Å². The van der Waals surface area contributed by atoms with Crippen molar-refractivity contribution in [1.29, 1.82) is 0 Å². The molecule has 0 unspecified atom stereocenters. The van der Waals surface area contributed by atoms with E-state index >= 15 is 0 Å². The quantitative estimate of drug-likeness (QED) is 0.745. The van der Waals surface area contributed by atoms with E-state index in [-0.39, 0.29) is 5.54 Å². The van der Waals surface area contributed by atoms with Gasteiger partial charge in [-0.15, -0.1) is 0 Å². The second-order valence-corrected chi connectivity index (χ2v) is 5.85. The monoisotopic (exact) mass is 261 g/mol. The highest BCUT2D eigenvalue weighted by Gasteiger charge is 2.29.